The molecule has 236 valence electrons. The number of fused-ring (bicyclic) bond motifs is 1. The van der Waals surface area contributed by atoms with E-state index in [0.29, 0.717) is 24.0 Å². The van der Waals surface area contributed by atoms with Crippen molar-refractivity contribution in [3.63, 3.8) is 0 Å². The number of hydrogen-bond donors (Lipinski definition) is 4. The molecular formula is C32H44N8O4. The Morgan fingerprint density at radius 1 is 1.11 bits per heavy atom. The van der Waals surface area contributed by atoms with Crippen molar-refractivity contribution in [2.24, 2.45) is 0 Å². The van der Waals surface area contributed by atoms with E-state index in [4.69, 9.17) is 14.7 Å². The Hall–Kier alpha value is -4.48. The SMILES string of the molecule is C.Cc1nc(NC[C@H](NC(=O)OCCCc2ccncc2)C(=O)O)c(C)c(N2CCC(c3ccc4c(n3)NCCC4)CC2)n1. The third-order valence-corrected chi connectivity index (χ3v) is 8.02. The van der Waals surface area contributed by atoms with E-state index in [1.807, 2.05) is 26.0 Å². The number of carbonyl (C=O) groups is 2. The number of anilines is 3. The number of pyridine rings is 2. The van der Waals surface area contributed by atoms with Crippen molar-refractivity contribution in [1.82, 2.24) is 25.3 Å². The summed E-state index contributed by atoms with van der Waals surface area (Å²) in [6, 6.07) is 7.01. The molecule has 1 amide bonds. The quantitative estimate of drug-likeness (QED) is 0.229. The van der Waals surface area contributed by atoms with Crippen LogP contribution >= 0.6 is 0 Å². The van der Waals surface area contributed by atoms with Gasteiger partial charge < -0.3 is 30.7 Å². The lowest BCUT2D eigenvalue weighted by molar-refractivity contribution is -0.138. The van der Waals surface area contributed by atoms with E-state index in [0.717, 1.165) is 80.2 Å². The number of aliphatic carboxylic acids is 1. The van der Waals surface area contributed by atoms with E-state index in [-0.39, 0.29) is 20.6 Å². The van der Waals surface area contributed by atoms with E-state index in [1.54, 1.807) is 12.4 Å². The van der Waals surface area contributed by atoms with Gasteiger partial charge in [-0.3, -0.25) is 4.98 Å². The summed E-state index contributed by atoms with van der Waals surface area (Å²) in [5.74, 6) is 2.23. The summed E-state index contributed by atoms with van der Waals surface area (Å²) in [7, 11) is 0. The van der Waals surface area contributed by atoms with E-state index in [1.165, 1.54) is 5.56 Å². The molecule has 1 saturated heterocycles. The Morgan fingerprint density at radius 2 is 1.89 bits per heavy atom. The van der Waals surface area contributed by atoms with Crippen LogP contribution in [0, 0.1) is 13.8 Å². The van der Waals surface area contributed by atoms with Crippen LogP contribution in [0.4, 0.5) is 22.2 Å². The predicted octanol–water partition coefficient (Wildman–Crippen LogP) is 4.49. The maximum Gasteiger partial charge on any atom is 0.407 e. The molecule has 0 saturated carbocycles. The molecule has 12 heteroatoms. The van der Waals surface area contributed by atoms with Crippen LogP contribution < -0.4 is 20.9 Å². The monoisotopic (exact) mass is 604 g/mol. The molecule has 0 radical (unpaired) electrons. The fourth-order valence-electron chi connectivity index (χ4n) is 5.62. The Morgan fingerprint density at radius 3 is 2.64 bits per heavy atom. The van der Waals surface area contributed by atoms with Crippen molar-refractivity contribution in [1.29, 1.82) is 0 Å². The summed E-state index contributed by atoms with van der Waals surface area (Å²) in [6.07, 6.45) is 8.17. The van der Waals surface area contributed by atoms with Crippen molar-refractivity contribution in [3.8, 4) is 0 Å². The Kier molecular flexibility index (Phi) is 11.3. The molecule has 0 aromatic carbocycles. The second-order valence-electron chi connectivity index (χ2n) is 11.1. The number of aromatic nitrogens is 4. The zero-order valence-electron chi connectivity index (χ0n) is 24.8. The van der Waals surface area contributed by atoms with Crippen molar-refractivity contribution in [2.75, 3.05) is 48.3 Å². The zero-order chi connectivity index (χ0) is 30.2. The van der Waals surface area contributed by atoms with Crippen molar-refractivity contribution >= 4 is 29.5 Å². The first-order chi connectivity index (χ1) is 20.9. The highest BCUT2D eigenvalue weighted by atomic mass is 16.5. The fraction of sp³-hybridized carbons (Fsp3) is 0.500. The van der Waals surface area contributed by atoms with Gasteiger partial charge in [0.25, 0.3) is 0 Å². The summed E-state index contributed by atoms with van der Waals surface area (Å²) >= 11 is 0. The maximum absolute atomic E-state index is 12.3. The van der Waals surface area contributed by atoms with Crippen molar-refractivity contribution < 1.29 is 19.4 Å². The molecule has 0 spiro atoms. The molecule has 0 unspecified atom stereocenters. The van der Waals surface area contributed by atoms with Gasteiger partial charge in [-0.1, -0.05) is 13.5 Å². The Bertz CT molecular complexity index is 1410. The number of rotatable bonds is 11. The standard InChI is InChI=1S/C31H40N8O4.CH4/c1-20-27(34-19-26(30(40)41)38-31(42)43-18-4-5-22-9-14-32-15-10-22)35-21(2)36-29(20)39-16-11-23(12-17-39)25-8-7-24-6-3-13-33-28(24)37-25;/h7-10,14-15,23,26H,3-6,11-13,16-19H2,1-2H3,(H,33,37)(H,38,42)(H,40,41)(H,34,35,36);1H4/t26-;/m0./s1. The first kappa shape index (κ1) is 32.4. The normalized spacial score (nSPS) is 15.3. The van der Waals surface area contributed by atoms with Gasteiger partial charge in [0.05, 0.1) is 6.61 Å². The van der Waals surface area contributed by atoms with E-state index in [9.17, 15) is 14.7 Å². The third-order valence-electron chi connectivity index (χ3n) is 8.02. The summed E-state index contributed by atoms with van der Waals surface area (Å²) in [5, 5.41) is 18.7. The van der Waals surface area contributed by atoms with Crippen molar-refractivity contribution in [2.45, 2.75) is 71.8 Å². The van der Waals surface area contributed by atoms with Gasteiger partial charge in [-0.2, -0.15) is 0 Å². The number of piperidine rings is 1. The average molecular weight is 605 g/mol. The van der Waals surface area contributed by atoms with Crippen molar-refractivity contribution in [3.05, 3.63) is 64.9 Å². The lowest BCUT2D eigenvalue weighted by Crippen LogP contribution is -2.45. The predicted molar refractivity (Wildman–Crippen MR) is 170 cm³/mol. The number of nitrogens with one attached hydrogen (secondary N) is 3. The first-order valence-electron chi connectivity index (χ1n) is 15.0. The van der Waals surface area contributed by atoms with Crippen LogP contribution in [0.3, 0.4) is 0 Å². The number of carboxylic acids is 1. The van der Waals surface area contributed by atoms with Crippen LogP contribution in [0.5, 0.6) is 0 Å². The molecule has 3 aromatic heterocycles. The molecule has 5 rings (SSSR count). The van der Waals surface area contributed by atoms with Crippen LogP contribution in [-0.4, -0.2) is 75.9 Å². The van der Waals surface area contributed by atoms with Gasteiger partial charge in [0.2, 0.25) is 0 Å². The summed E-state index contributed by atoms with van der Waals surface area (Å²) in [5.41, 5.74) is 4.37. The van der Waals surface area contributed by atoms with E-state index < -0.39 is 18.1 Å². The molecule has 1 atom stereocenters. The average Bonchev–Trinajstić information content (AvgIpc) is 3.03. The minimum atomic E-state index is -1.19. The summed E-state index contributed by atoms with van der Waals surface area (Å²) < 4.78 is 5.21. The molecule has 2 aliphatic heterocycles. The molecule has 4 N–H and O–H groups in total. The van der Waals surface area contributed by atoms with Gasteiger partial charge in [-0.05, 0) is 81.7 Å². The van der Waals surface area contributed by atoms with Crippen LogP contribution in [-0.2, 0) is 22.4 Å². The highest BCUT2D eigenvalue weighted by Gasteiger charge is 2.26. The maximum atomic E-state index is 12.3. The Labute approximate surface area is 259 Å². The second kappa shape index (κ2) is 15.3. The molecule has 2 aliphatic rings. The topological polar surface area (TPSA) is 154 Å². The molecule has 0 aliphatic carbocycles. The lowest BCUT2D eigenvalue weighted by Gasteiger charge is -2.34. The molecule has 5 heterocycles. The number of ether oxygens (including phenoxy) is 1. The molecule has 12 nitrogen and oxygen atoms in total. The molecule has 44 heavy (non-hydrogen) atoms. The molecule has 1 fully saturated rings. The molecule has 0 bridgehead atoms. The van der Waals surface area contributed by atoms with Gasteiger partial charge in [0.1, 0.15) is 29.3 Å². The summed E-state index contributed by atoms with van der Waals surface area (Å²) in [4.78, 5) is 44.6. The third kappa shape index (κ3) is 8.33. The van der Waals surface area contributed by atoms with Crippen LogP contribution in [0.2, 0.25) is 0 Å². The zero-order valence-corrected chi connectivity index (χ0v) is 24.8. The largest absolute Gasteiger partial charge is 0.480 e. The number of amides is 1. The number of carboxylic acid groups (broad SMARTS) is 1. The molecular weight excluding hydrogens is 560 g/mol. The first-order valence-corrected chi connectivity index (χ1v) is 15.0. The van der Waals surface area contributed by atoms with E-state index >= 15 is 0 Å². The number of carbonyl (C=O) groups excluding carboxylic acids is 1. The number of aryl methyl sites for hydroxylation is 3. The van der Waals surface area contributed by atoms with Crippen LogP contribution in [0.25, 0.3) is 0 Å². The highest BCUT2D eigenvalue weighted by Crippen LogP contribution is 2.33. The fourth-order valence-corrected chi connectivity index (χ4v) is 5.62. The van der Waals surface area contributed by atoms with Gasteiger partial charge >= 0.3 is 12.1 Å². The van der Waals surface area contributed by atoms with E-state index in [2.05, 4.69) is 43.0 Å². The number of nitrogens with zero attached hydrogens (tertiary/aromatic N) is 5. The summed E-state index contributed by atoms with van der Waals surface area (Å²) in [6.45, 7) is 6.52. The minimum absolute atomic E-state index is 0. The highest BCUT2D eigenvalue weighted by molar-refractivity contribution is 5.80. The van der Waals surface area contributed by atoms with Gasteiger partial charge in [0, 0.05) is 55.7 Å². The second-order valence-corrected chi connectivity index (χ2v) is 11.1. The number of hydrogen-bond acceptors (Lipinski definition) is 10. The van der Waals surface area contributed by atoms with Crippen LogP contribution in [0.1, 0.15) is 67.2 Å². The van der Waals surface area contributed by atoms with Crippen LogP contribution in [0.15, 0.2) is 36.7 Å². The minimum Gasteiger partial charge on any atom is -0.480 e. The van der Waals surface area contributed by atoms with Gasteiger partial charge in [0.15, 0.2) is 0 Å². The van der Waals surface area contributed by atoms with Gasteiger partial charge in [-0.15, -0.1) is 0 Å². The smallest absolute Gasteiger partial charge is 0.407 e. The lowest BCUT2D eigenvalue weighted by atomic mass is 9.92. The molecule has 3 aromatic rings. The Balaban J connectivity index is 0.00000442. The van der Waals surface area contributed by atoms with Gasteiger partial charge in [-0.25, -0.2) is 24.5 Å². The number of alkyl carbamates (subject to hydrolysis) is 1.